The van der Waals surface area contributed by atoms with Crippen molar-refractivity contribution in [2.24, 2.45) is 0 Å². The first-order chi connectivity index (χ1) is 10.3. The van der Waals surface area contributed by atoms with Crippen molar-refractivity contribution in [2.75, 3.05) is 19.6 Å². The number of likely N-dealkylation sites (N-methyl/N-ethyl adjacent to an activating group) is 1. The topological polar surface area (TPSA) is 75.6 Å². The first kappa shape index (κ1) is 18.4. The molecule has 5 nitrogen and oxygen atoms in total. The fraction of sp³-hybridized carbons (Fsp3) is 0.438. The Balaban J connectivity index is 2.48. The highest BCUT2D eigenvalue weighted by atomic mass is 32.2. The molecule has 0 aliphatic heterocycles. The van der Waals surface area contributed by atoms with Crippen LogP contribution >= 0.6 is 0 Å². The van der Waals surface area contributed by atoms with E-state index in [-0.39, 0.29) is 24.8 Å². The second-order valence-electron chi connectivity index (χ2n) is 5.39. The largest absolute Gasteiger partial charge is 0.508 e. The number of hydrogen-bond donors (Lipinski definition) is 2. The predicted octanol–water partition coefficient (Wildman–Crippen LogP) is 2.26. The Hall–Kier alpha value is -1.66. The van der Waals surface area contributed by atoms with Gasteiger partial charge in [0.05, 0.1) is 0 Å². The van der Waals surface area contributed by atoms with E-state index in [1.807, 2.05) is 30.3 Å². The molecule has 22 heavy (non-hydrogen) atoms. The van der Waals surface area contributed by atoms with Gasteiger partial charge in [-0.25, -0.2) is 0 Å². The highest BCUT2D eigenvalue weighted by Crippen LogP contribution is 2.11. The second kappa shape index (κ2) is 8.70. The van der Waals surface area contributed by atoms with Crippen LogP contribution in [0.15, 0.2) is 41.5 Å². The number of ether oxygens (including phenoxy) is 1. The van der Waals surface area contributed by atoms with Crippen LogP contribution in [0.1, 0.15) is 18.4 Å². The van der Waals surface area contributed by atoms with Crippen LogP contribution in [0.5, 0.6) is 0 Å². The number of aliphatic hydroxyl groups is 1. The molecule has 0 aliphatic carbocycles. The van der Waals surface area contributed by atoms with Crippen molar-refractivity contribution in [1.29, 1.82) is 0 Å². The number of hydrogen-bond acceptors (Lipinski definition) is 5. The lowest BCUT2D eigenvalue weighted by Gasteiger charge is -2.15. The number of allylic oxidation sites excluding steroid dienone is 1. The Morgan fingerprint density at radius 3 is 2.55 bits per heavy atom. The maximum absolute atomic E-state index is 12.0. The third-order valence-electron chi connectivity index (χ3n) is 2.97. The molecular weight excluding hydrogens is 302 g/mol. The number of aliphatic hydroxyl groups excluding tert-OH is 1. The molecule has 0 aliphatic rings. The molecule has 0 bridgehead atoms. The Kier molecular flexibility index (Phi) is 7.27. The van der Waals surface area contributed by atoms with Gasteiger partial charge in [0, 0.05) is 6.42 Å². The lowest BCUT2D eigenvalue weighted by Crippen LogP contribution is -2.35. The van der Waals surface area contributed by atoms with E-state index in [9.17, 15) is 14.1 Å². The van der Waals surface area contributed by atoms with E-state index < -0.39 is 16.0 Å². The molecular formula is C16H24NO4S+. The van der Waals surface area contributed by atoms with Crippen molar-refractivity contribution in [1.82, 2.24) is 5.32 Å². The van der Waals surface area contributed by atoms with Crippen LogP contribution in [0, 0.1) is 0 Å². The number of esters is 1. The first-order valence-electron chi connectivity index (χ1n) is 7.03. The molecule has 1 aromatic rings. The molecule has 0 saturated heterocycles. The van der Waals surface area contributed by atoms with E-state index in [0.29, 0.717) is 6.42 Å². The normalized spacial score (nSPS) is 13.7. The molecule has 0 saturated carbocycles. The van der Waals surface area contributed by atoms with Gasteiger partial charge in [-0.15, -0.1) is 4.21 Å². The van der Waals surface area contributed by atoms with Crippen molar-refractivity contribution in [3.63, 3.8) is 0 Å². The zero-order valence-electron chi connectivity index (χ0n) is 13.2. The van der Waals surface area contributed by atoms with Crippen LogP contribution in [0.2, 0.25) is 0 Å². The van der Waals surface area contributed by atoms with Crippen LogP contribution in [-0.4, -0.2) is 36.7 Å². The van der Waals surface area contributed by atoms with E-state index in [4.69, 9.17) is 4.74 Å². The van der Waals surface area contributed by atoms with Gasteiger partial charge < -0.3 is 15.2 Å². The minimum absolute atomic E-state index is 0.0334. The summed E-state index contributed by atoms with van der Waals surface area (Å²) in [6.45, 7) is 0.220. The molecule has 0 fully saturated rings. The SMILES string of the molecule is CN[C@@H](CC/C(O)=C/[S+](C)(C)=O)C(=O)OCc1ccccc1. The summed E-state index contributed by atoms with van der Waals surface area (Å²) in [4.78, 5) is 12.0. The number of nitrogens with one attached hydrogen (secondary N) is 1. The molecule has 0 heterocycles. The van der Waals surface area contributed by atoms with Gasteiger partial charge in [0.25, 0.3) is 0 Å². The van der Waals surface area contributed by atoms with E-state index in [0.717, 1.165) is 5.56 Å². The zero-order chi connectivity index (χ0) is 16.6. The molecule has 6 heteroatoms. The highest BCUT2D eigenvalue weighted by molar-refractivity contribution is 8.04. The summed E-state index contributed by atoms with van der Waals surface area (Å²) in [5, 5.41) is 13.9. The maximum atomic E-state index is 12.0. The maximum Gasteiger partial charge on any atom is 0.323 e. The van der Waals surface area contributed by atoms with Gasteiger partial charge in [-0.3, -0.25) is 4.79 Å². The number of benzene rings is 1. The average Bonchev–Trinajstić information content (AvgIpc) is 2.45. The summed E-state index contributed by atoms with van der Waals surface area (Å²) in [6.07, 6.45) is 3.74. The second-order valence-corrected chi connectivity index (χ2v) is 8.25. The third-order valence-corrected chi connectivity index (χ3v) is 3.81. The van der Waals surface area contributed by atoms with E-state index in [1.165, 1.54) is 5.41 Å². The van der Waals surface area contributed by atoms with Crippen LogP contribution < -0.4 is 5.32 Å². The minimum Gasteiger partial charge on any atom is -0.508 e. The third kappa shape index (κ3) is 7.38. The Labute approximate surface area is 132 Å². The molecule has 0 aromatic heterocycles. The van der Waals surface area contributed by atoms with Gasteiger partial charge in [-0.2, -0.15) is 0 Å². The van der Waals surface area contributed by atoms with Gasteiger partial charge in [-0.05, 0) is 19.0 Å². The zero-order valence-corrected chi connectivity index (χ0v) is 14.1. The van der Waals surface area contributed by atoms with Crippen molar-refractivity contribution in [3.8, 4) is 0 Å². The van der Waals surface area contributed by atoms with Crippen LogP contribution in [0.3, 0.4) is 0 Å². The standard InChI is InChI=1S/C16H23NO4S/c1-17-15(10-9-14(18)12-22(2,3)20)16(19)21-11-13-7-5-4-6-8-13/h4-8,12,15,17H,9-11H2,1-3H3/p+1/t15-/m0/s1. The van der Waals surface area contributed by atoms with Gasteiger partial charge >= 0.3 is 5.97 Å². The molecule has 1 aromatic carbocycles. The molecule has 0 spiro atoms. The van der Waals surface area contributed by atoms with E-state index in [1.54, 1.807) is 19.6 Å². The summed E-state index contributed by atoms with van der Waals surface area (Å²) in [6, 6.07) is 8.92. The molecule has 0 radical (unpaired) electrons. The Morgan fingerprint density at radius 1 is 1.36 bits per heavy atom. The minimum atomic E-state index is -2.14. The van der Waals surface area contributed by atoms with Crippen molar-refractivity contribution in [2.45, 2.75) is 25.5 Å². The predicted molar refractivity (Wildman–Crippen MR) is 88.9 cm³/mol. The van der Waals surface area contributed by atoms with Gasteiger partial charge in [-0.1, -0.05) is 30.3 Å². The van der Waals surface area contributed by atoms with Crippen LogP contribution in [0.25, 0.3) is 0 Å². The fourth-order valence-corrected chi connectivity index (χ4v) is 2.66. The number of carbonyl (C=O) groups excluding carboxylic acids is 1. The monoisotopic (exact) mass is 326 g/mol. The summed E-state index contributed by atoms with van der Waals surface area (Å²) >= 11 is 0. The van der Waals surface area contributed by atoms with Crippen LogP contribution in [0.4, 0.5) is 0 Å². The first-order valence-corrected chi connectivity index (χ1v) is 9.47. The van der Waals surface area contributed by atoms with Gasteiger partial charge in [0.15, 0.2) is 5.41 Å². The molecule has 1 rings (SSSR count). The van der Waals surface area contributed by atoms with E-state index >= 15 is 0 Å². The fourth-order valence-electron chi connectivity index (χ4n) is 1.89. The molecule has 122 valence electrons. The van der Waals surface area contributed by atoms with Gasteiger partial charge in [0.2, 0.25) is 0 Å². The molecule has 0 unspecified atom stereocenters. The highest BCUT2D eigenvalue weighted by Gasteiger charge is 2.19. The summed E-state index contributed by atoms with van der Waals surface area (Å²) in [5.74, 6) is -0.334. The quantitative estimate of drug-likeness (QED) is 0.435. The van der Waals surface area contributed by atoms with Crippen molar-refractivity contribution >= 4 is 15.9 Å². The number of carbonyl (C=O) groups is 1. The van der Waals surface area contributed by atoms with Crippen LogP contribution in [-0.2, 0) is 30.3 Å². The molecule has 1 atom stereocenters. The van der Waals surface area contributed by atoms with Gasteiger partial charge in [0.1, 0.15) is 40.9 Å². The summed E-state index contributed by atoms with van der Waals surface area (Å²) in [5.41, 5.74) is 0.921. The Morgan fingerprint density at radius 2 is 2.00 bits per heavy atom. The van der Waals surface area contributed by atoms with E-state index in [2.05, 4.69) is 5.32 Å². The number of rotatable bonds is 8. The average molecular weight is 326 g/mol. The molecule has 2 N–H and O–H groups in total. The van der Waals surface area contributed by atoms with Crippen molar-refractivity contribution in [3.05, 3.63) is 47.1 Å². The summed E-state index contributed by atoms with van der Waals surface area (Å²) < 4.78 is 16.8. The summed E-state index contributed by atoms with van der Waals surface area (Å²) in [7, 11) is -0.478. The Bertz CT molecular complexity index is 551. The lowest BCUT2D eigenvalue weighted by atomic mass is 10.1. The smallest absolute Gasteiger partial charge is 0.323 e. The lowest BCUT2D eigenvalue weighted by molar-refractivity contribution is -0.147. The van der Waals surface area contributed by atoms with Crippen molar-refractivity contribution < 1.29 is 18.8 Å². The molecule has 0 amide bonds.